The SMILES string of the molecule is CCCCc1nc(Cl)c2n1[C@@H](c1ccc(-c3ccccc3-c3nn[nH]n3)cc1)CC[C@H]2N1C(=O)CCC1=O. The lowest BCUT2D eigenvalue weighted by molar-refractivity contribution is -0.142. The third kappa shape index (κ3) is 4.20. The Bertz CT molecular complexity index is 1460. The van der Waals surface area contributed by atoms with Gasteiger partial charge < -0.3 is 4.57 Å². The van der Waals surface area contributed by atoms with Crippen LogP contribution in [0.4, 0.5) is 0 Å². The Morgan fingerprint density at radius 3 is 2.37 bits per heavy atom. The number of aromatic nitrogens is 6. The monoisotopic (exact) mass is 529 g/mol. The van der Waals surface area contributed by atoms with Gasteiger partial charge in [-0.15, -0.1) is 10.2 Å². The minimum atomic E-state index is -0.370. The van der Waals surface area contributed by atoms with Crippen LogP contribution in [0.5, 0.6) is 0 Å². The van der Waals surface area contributed by atoms with Crippen LogP contribution in [-0.2, 0) is 16.0 Å². The molecule has 0 saturated carbocycles. The minimum Gasteiger partial charge on any atom is -0.321 e. The van der Waals surface area contributed by atoms with Gasteiger partial charge in [0.2, 0.25) is 17.6 Å². The van der Waals surface area contributed by atoms with Crippen molar-refractivity contribution in [2.24, 2.45) is 0 Å². The van der Waals surface area contributed by atoms with Crippen molar-refractivity contribution in [1.29, 1.82) is 0 Å². The molecule has 0 unspecified atom stereocenters. The molecule has 10 heteroatoms. The quantitative estimate of drug-likeness (QED) is 0.325. The average molecular weight is 530 g/mol. The van der Waals surface area contributed by atoms with Gasteiger partial charge >= 0.3 is 0 Å². The first-order valence-corrected chi connectivity index (χ1v) is 13.5. The molecule has 2 amide bonds. The van der Waals surface area contributed by atoms with Gasteiger partial charge in [0.05, 0.1) is 17.8 Å². The molecule has 0 spiro atoms. The summed E-state index contributed by atoms with van der Waals surface area (Å²) < 4.78 is 2.20. The van der Waals surface area contributed by atoms with Crippen LogP contribution in [0.25, 0.3) is 22.5 Å². The van der Waals surface area contributed by atoms with Crippen molar-refractivity contribution >= 4 is 23.4 Å². The molecule has 0 aliphatic carbocycles. The molecule has 0 radical (unpaired) electrons. The van der Waals surface area contributed by atoms with Gasteiger partial charge in [0.15, 0.2) is 5.15 Å². The van der Waals surface area contributed by atoms with Crippen molar-refractivity contribution in [1.82, 2.24) is 35.1 Å². The number of unbranched alkanes of at least 4 members (excludes halogenated alkanes) is 1. The number of imidazole rings is 1. The number of imide groups is 1. The van der Waals surface area contributed by atoms with Crippen LogP contribution in [0, 0.1) is 0 Å². The van der Waals surface area contributed by atoms with Gasteiger partial charge in [0.25, 0.3) is 0 Å². The molecule has 1 saturated heterocycles. The Hall–Kier alpha value is -3.85. The number of aromatic amines is 1. The summed E-state index contributed by atoms with van der Waals surface area (Å²) >= 11 is 6.73. The average Bonchev–Trinajstić information content (AvgIpc) is 3.67. The summed E-state index contributed by atoms with van der Waals surface area (Å²) in [5.74, 6) is 1.21. The number of fused-ring (bicyclic) bond motifs is 1. The van der Waals surface area contributed by atoms with Crippen molar-refractivity contribution in [2.75, 3.05) is 0 Å². The zero-order chi connectivity index (χ0) is 26.2. The highest BCUT2D eigenvalue weighted by atomic mass is 35.5. The summed E-state index contributed by atoms with van der Waals surface area (Å²) in [6, 6.07) is 16.1. The number of nitrogens with one attached hydrogen (secondary N) is 1. The number of nitrogens with zero attached hydrogens (tertiary/aromatic N) is 6. The van der Waals surface area contributed by atoms with E-state index in [0.29, 0.717) is 17.4 Å². The number of H-pyrrole nitrogens is 1. The van der Waals surface area contributed by atoms with Crippen LogP contribution in [0.1, 0.15) is 74.6 Å². The van der Waals surface area contributed by atoms with Gasteiger partial charge in [-0.2, -0.15) is 5.21 Å². The molecule has 2 aliphatic rings. The molecule has 2 aromatic carbocycles. The predicted octanol–water partition coefficient (Wildman–Crippen LogP) is 5.30. The van der Waals surface area contributed by atoms with Gasteiger partial charge in [-0.1, -0.05) is 73.5 Å². The molecular weight excluding hydrogens is 502 g/mol. The minimum absolute atomic E-state index is 0.0161. The van der Waals surface area contributed by atoms with Crippen molar-refractivity contribution < 1.29 is 9.59 Å². The molecule has 2 atom stereocenters. The first-order chi connectivity index (χ1) is 18.6. The van der Waals surface area contributed by atoms with Crippen molar-refractivity contribution in [3.05, 3.63) is 70.8 Å². The summed E-state index contributed by atoms with van der Waals surface area (Å²) in [6.07, 6.45) is 4.77. The maximum atomic E-state index is 12.6. The molecule has 4 aromatic rings. The fourth-order valence-corrected chi connectivity index (χ4v) is 6.12. The molecule has 1 N–H and O–H groups in total. The maximum Gasteiger partial charge on any atom is 0.230 e. The Labute approximate surface area is 225 Å². The highest BCUT2D eigenvalue weighted by molar-refractivity contribution is 6.30. The van der Waals surface area contributed by atoms with Crippen LogP contribution in [0.15, 0.2) is 48.5 Å². The van der Waals surface area contributed by atoms with E-state index in [1.54, 1.807) is 0 Å². The van der Waals surface area contributed by atoms with E-state index in [2.05, 4.69) is 56.4 Å². The summed E-state index contributed by atoms with van der Waals surface area (Å²) in [5, 5.41) is 14.9. The lowest BCUT2D eigenvalue weighted by Crippen LogP contribution is -2.38. The van der Waals surface area contributed by atoms with Crippen molar-refractivity contribution in [3.8, 4) is 22.5 Å². The highest BCUT2D eigenvalue weighted by Crippen LogP contribution is 2.45. The second-order valence-corrected chi connectivity index (χ2v) is 10.2. The summed E-state index contributed by atoms with van der Waals surface area (Å²) in [6.45, 7) is 2.15. The number of hydrogen-bond acceptors (Lipinski definition) is 6. The summed E-state index contributed by atoms with van der Waals surface area (Å²) in [7, 11) is 0. The first-order valence-electron chi connectivity index (χ1n) is 13.1. The lowest BCUT2D eigenvalue weighted by atomic mass is 9.90. The molecule has 1 fully saturated rings. The smallest absolute Gasteiger partial charge is 0.230 e. The van der Waals surface area contributed by atoms with E-state index in [1.165, 1.54) is 4.90 Å². The van der Waals surface area contributed by atoms with Crippen LogP contribution < -0.4 is 0 Å². The van der Waals surface area contributed by atoms with Gasteiger partial charge in [0, 0.05) is 24.8 Å². The van der Waals surface area contributed by atoms with Gasteiger partial charge in [0.1, 0.15) is 5.82 Å². The molecule has 194 valence electrons. The Balaban J connectivity index is 1.38. The number of tetrazole rings is 1. The number of aryl methyl sites for hydroxylation is 1. The maximum absolute atomic E-state index is 12.6. The topological polar surface area (TPSA) is 110 Å². The fourth-order valence-electron chi connectivity index (χ4n) is 5.80. The number of amides is 2. The number of halogens is 1. The molecule has 6 rings (SSSR count). The standard InChI is InChI=1S/C28H28ClN7O2/c1-2-3-8-23-30-27(29)26-22(36-24(37)15-16-25(36)38)14-13-21(35(23)26)18-11-9-17(10-12-18)19-6-4-5-7-20(19)28-31-33-34-32-28/h4-7,9-12,21-22H,2-3,8,13-16H2,1H3,(H,31,32,33,34)/t21-,22-/m1/s1. The normalized spacial score (nSPS) is 19.3. The fraction of sp³-hybridized carbons (Fsp3) is 0.357. The van der Waals surface area contributed by atoms with Crippen LogP contribution in [0.3, 0.4) is 0 Å². The third-order valence-corrected chi connectivity index (χ3v) is 7.87. The van der Waals surface area contributed by atoms with E-state index in [0.717, 1.165) is 59.5 Å². The number of likely N-dealkylation sites (tertiary alicyclic amines) is 1. The molecule has 2 aliphatic heterocycles. The van der Waals surface area contributed by atoms with E-state index < -0.39 is 0 Å². The molecule has 0 bridgehead atoms. The van der Waals surface area contributed by atoms with E-state index in [9.17, 15) is 9.59 Å². The summed E-state index contributed by atoms with van der Waals surface area (Å²) in [4.78, 5) is 31.4. The summed E-state index contributed by atoms with van der Waals surface area (Å²) in [5.41, 5.74) is 4.89. The zero-order valence-corrected chi connectivity index (χ0v) is 21.9. The van der Waals surface area contributed by atoms with Crippen LogP contribution in [-0.4, -0.2) is 46.9 Å². The van der Waals surface area contributed by atoms with Gasteiger partial charge in [-0.25, -0.2) is 4.98 Å². The van der Waals surface area contributed by atoms with Crippen LogP contribution in [0.2, 0.25) is 5.15 Å². The predicted molar refractivity (Wildman–Crippen MR) is 142 cm³/mol. The Morgan fingerprint density at radius 2 is 1.68 bits per heavy atom. The van der Waals surface area contributed by atoms with Crippen molar-refractivity contribution in [3.63, 3.8) is 0 Å². The first kappa shape index (κ1) is 24.5. The highest BCUT2D eigenvalue weighted by Gasteiger charge is 2.42. The number of rotatable bonds is 7. The Kier molecular flexibility index (Phi) is 6.53. The van der Waals surface area contributed by atoms with Crippen LogP contribution >= 0.6 is 11.6 Å². The van der Waals surface area contributed by atoms with E-state index in [4.69, 9.17) is 16.6 Å². The van der Waals surface area contributed by atoms with Crippen molar-refractivity contribution in [2.45, 2.75) is 64.0 Å². The number of benzene rings is 2. The molecular formula is C28H28ClN7O2. The zero-order valence-electron chi connectivity index (χ0n) is 21.1. The third-order valence-electron chi connectivity index (χ3n) is 7.59. The molecule has 38 heavy (non-hydrogen) atoms. The second kappa shape index (κ2) is 10.1. The number of hydrogen-bond donors (Lipinski definition) is 1. The van der Waals surface area contributed by atoms with E-state index in [-0.39, 0.29) is 36.7 Å². The largest absolute Gasteiger partial charge is 0.321 e. The van der Waals surface area contributed by atoms with E-state index in [1.807, 2.05) is 24.3 Å². The molecule has 2 aromatic heterocycles. The lowest BCUT2D eigenvalue weighted by Gasteiger charge is -2.36. The Morgan fingerprint density at radius 1 is 0.974 bits per heavy atom. The molecule has 9 nitrogen and oxygen atoms in total. The number of carbonyl (C=O) groups is 2. The van der Waals surface area contributed by atoms with Gasteiger partial charge in [-0.05, 0) is 41.2 Å². The second-order valence-electron chi connectivity index (χ2n) is 9.85. The molecule has 4 heterocycles. The van der Waals surface area contributed by atoms with Gasteiger partial charge in [-0.3, -0.25) is 14.5 Å². The number of carbonyl (C=O) groups excluding carboxylic acids is 2. The van der Waals surface area contributed by atoms with E-state index >= 15 is 0 Å².